The molecule has 1 saturated carbocycles. The highest BCUT2D eigenvalue weighted by Gasteiger charge is 2.30. The van der Waals surface area contributed by atoms with Crippen molar-refractivity contribution < 1.29 is 13.2 Å². The molecular weight excluding hydrogens is 239 g/mol. The molecule has 4 heteroatoms. The first-order valence-electron chi connectivity index (χ1n) is 6.40. The van der Waals surface area contributed by atoms with E-state index in [0.29, 0.717) is 12.0 Å². The second-order valence-electron chi connectivity index (χ2n) is 5.09. The van der Waals surface area contributed by atoms with Crippen LogP contribution in [0.3, 0.4) is 0 Å². The number of hydrogen-bond donors (Lipinski definition) is 1. The summed E-state index contributed by atoms with van der Waals surface area (Å²) >= 11 is 0. The molecule has 0 heterocycles. The average Bonchev–Trinajstić information content (AvgIpc) is 2.32. The summed E-state index contributed by atoms with van der Waals surface area (Å²) in [4.78, 5) is 0. The van der Waals surface area contributed by atoms with E-state index in [2.05, 4.69) is 12.2 Å². The van der Waals surface area contributed by atoms with Gasteiger partial charge in [0.25, 0.3) is 0 Å². The molecule has 0 radical (unpaired) electrons. The highest BCUT2D eigenvalue weighted by Crippen LogP contribution is 2.31. The third-order valence-electron chi connectivity index (χ3n) is 3.68. The lowest BCUT2D eigenvalue weighted by Gasteiger charge is -2.30. The maximum Gasteiger partial charge on any atom is 0.416 e. The van der Waals surface area contributed by atoms with Crippen LogP contribution in [-0.2, 0) is 6.18 Å². The SMILES string of the molecule is CC1CCCCC1Nc1ccc(C(F)(F)F)cc1. The lowest BCUT2D eigenvalue weighted by molar-refractivity contribution is -0.137. The van der Waals surface area contributed by atoms with Gasteiger partial charge in [-0.05, 0) is 43.0 Å². The maximum atomic E-state index is 12.4. The molecule has 1 nitrogen and oxygen atoms in total. The minimum Gasteiger partial charge on any atom is -0.382 e. The molecule has 1 fully saturated rings. The quantitative estimate of drug-likeness (QED) is 0.810. The van der Waals surface area contributed by atoms with Crippen molar-refractivity contribution in [3.63, 3.8) is 0 Å². The van der Waals surface area contributed by atoms with Crippen molar-refractivity contribution >= 4 is 5.69 Å². The second-order valence-corrected chi connectivity index (χ2v) is 5.09. The molecule has 1 N–H and O–H groups in total. The Bertz CT molecular complexity index is 383. The number of nitrogens with one attached hydrogen (secondary N) is 1. The molecule has 2 unspecified atom stereocenters. The van der Waals surface area contributed by atoms with Crippen LogP contribution in [0.1, 0.15) is 38.2 Å². The molecule has 2 atom stereocenters. The van der Waals surface area contributed by atoms with E-state index in [1.54, 1.807) is 0 Å². The van der Waals surface area contributed by atoms with E-state index in [-0.39, 0.29) is 0 Å². The van der Waals surface area contributed by atoms with Crippen LogP contribution in [0.4, 0.5) is 18.9 Å². The number of anilines is 1. The molecule has 0 amide bonds. The topological polar surface area (TPSA) is 12.0 Å². The molecule has 100 valence electrons. The number of halogens is 3. The molecule has 0 bridgehead atoms. The van der Waals surface area contributed by atoms with Gasteiger partial charge in [-0.1, -0.05) is 19.8 Å². The van der Waals surface area contributed by atoms with Crippen molar-refractivity contribution in [1.29, 1.82) is 0 Å². The zero-order valence-corrected chi connectivity index (χ0v) is 10.4. The number of benzene rings is 1. The van der Waals surface area contributed by atoms with Crippen LogP contribution in [0.15, 0.2) is 24.3 Å². The Kier molecular flexibility index (Phi) is 3.83. The third kappa shape index (κ3) is 3.18. The molecular formula is C14H18F3N. The Morgan fingerprint density at radius 2 is 1.67 bits per heavy atom. The van der Waals surface area contributed by atoms with Crippen molar-refractivity contribution in [2.24, 2.45) is 5.92 Å². The monoisotopic (exact) mass is 257 g/mol. The fraction of sp³-hybridized carbons (Fsp3) is 0.571. The smallest absolute Gasteiger partial charge is 0.382 e. The molecule has 1 aromatic rings. The predicted octanol–water partition coefficient (Wildman–Crippen LogP) is 4.70. The van der Waals surface area contributed by atoms with E-state index in [1.165, 1.54) is 31.4 Å². The molecule has 0 spiro atoms. The van der Waals surface area contributed by atoms with Gasteiger partial charge >= 0.3 is 6.18 Å². The molecule has 0 aliphatic heterocycles. The normalized spacial score (nSPS) is 24.9. The molecule has 1 aliphatic carbocycles. The van der Waals surface area contributed by atoms with E-state index in [1.807, 2.05) is 0 Å². The van der Waals surface area contributed by atoms with Gasteiger partial charge in [0.15, 0.2) is 0 Å². The maximum absolute atomic E-state index is 12.4. The van der Waals surface area contributed by atoms with E-state index in [0.717, 1.165) is 24.2 Å². The Morgan fingerprint density at radius 3 is 2.22 bits per heavy atom. The number of alkyl halides is 3. The lowest BCUT2D eigenvalue weighted by atomic mass is 9.86. The number of rotatable bonds is 2. The van der Waals surface area contributed by atoms with Gasteiger partial charge in [0.1, 0.15) is 0 Å². The minimum absolute atomic E-state index is 0.385. The first kappa shape index (κ1) is 13.2. The first-order chi connectivity index (χ1) is 8.47. The van der Waals surface area contributed by atoms with E-state index in [4.69, 9.17) is 0 Å². The average molecular weight is 257 g/mol. The van der Waals surface area contributed by atoms with Gasteiger partial charge in [-0.25, -0.2) is 0 Å². The van der Waals surface area contributed by atoms with Crippen LogP contribution in [-0.4, -0.2) is 6.04 Å². The van der Waals surface area contributed by atoms with Crippen LogP contribution >= 0.6 is 0 Å². The summed E-state index contributed by atoms with van der Waals surface area (Å²) in [6.45, 7) is 2.20. The Balaban J connectivity index is 2.02. The van der Waals surface area contributed by atoms with Crippen LogP contribution in [0.25, 0.3) is 0 Å². The summed E-state index contributed by atoms with van der Waals surface area (Å²) in [6.07, 6.45) is 0.492. The van der Waals surface area contributed by atoms with Gasteiger partial charge in [-0.15, -0.1) is 0 Å². The van der Waals surface area contributed by atoms with Crippen LogP contribution in [0, 0.1) is 5.92 Å². The lowest BCUT2D eigenvalue weighted by Crippen LogP contribution is -2.30. The van der Waals surface area contributed by atoms with Crippen LogP contribution in [0.5, 0.6) is 0 Å². The molecule has 0 saturated heterocycles. The fourth-order valence-corrected chi connectivity index (χ4v) is 2.50. The van der Waals surface area contributed by atoms with E-state index in [9.17, 15) is 13.2 Å². The van der Waals surface area contributed by atoms with Crippen molar-refractivity contribution in [1.82, 2.24) is 0 Å². The number of hydrogen-bond acceptors (Lipinski definition) is 1. The van der Waals surface area contributed by atoms with Gasteiger partial charge < -0.3 is 5.32 Å². The molecule has 0 aromatic heterocycles. The molecule has 1 aromatic carbocycles. The minimum atomic E-state index is -4.25. The standard InChI is InChI=1S/C14H18F3N/c1-10-4-2-3-5-13(10)18-12-8-6-11(7-9-12)14(15,16)17/h6-10,13,18H,2-5H2,1H3. The van der Waals surface area contributed by atoms with Crippen molar-refractivity contribution in [3.8, 4) is 0 Å². The fourth-order valence-electron chi connectivity index (χ4n) is 2.50. The Labute approximate surface area is 105 Å². The summed E-state index contributed by atoms with van der Waals surface area (Å²) in [5, 5.41) is 3.34. The zero-order valence-electron chi connectivity index (χ0n) is 10.4. The predicted molar refractivity (Wildman–Crippen MR) is 66.5 cm³/mol. The van der Waals surface area contributed by atoms with E-state index >= 15 is 0 Å². The summed E-state index contributed by atoms with van der Waals surface area (Å²) in [5.41, 5.74) is 0.187. The summed E-state index contributed by atoms with van der Waals surface area (Å²) < 4.78 is 37.3. The first-order valence-corrected chi connectivity index (χ1v) is 6.40. The van der Waals surface area contributed by atoms with Crippen molar-refractivity contribution in [3.05, 3.63) is 29.8 Å². The van der Waals surface area contributed by atoms with E-state index < -0.39 is 11.7 Å². The Hall–Kier alpha value is -1.19. The highest BCUT2D eigenvalue weighted by molar-refractivity contribution is 5.46. The summed E-state index contributed by atoms with van der Waals surface area (Å²) in [7, 11) is 0. The van der Waals surface area contributed by atoms with Gasteiger partial charge in [0.2, 0.25) is 0 Å². The van der Waals surface area contributed by atoms with Gasteiger partial charge in [-0.3, -0.25) is 0 Å². The van der Waals surface area contributed by atoms with Gasteiger partial charge in [0, 0.05) is 11.7 Å². The Morgan fingerprint density at radius 1 is 1.06 bits per heavy atom. The molecule has 1 aliphatic rings. The zero-order chi connectivity index (χ0) is 13.2. The van der Waals surface area contributed by atoms with Gasteiger partial charge in [0.05, 0.1) is 5.56 Å². The molecule has 2 rings (SSSR count). The summed E-state index contributed by atoms with van der Waals surface area (Å²) in [5.74, 6) is 0.584. The molecule has 18 heavy (non-hydrogen) atoms. The second kappa shape index (κ2) is 5.21. The van der Waals surface area contributed by atoms with Crippen molar-refractivity contribution in [2.45, 2.75) is 44.8 Å². The highest BCUT2D eigenvalue weighted by atomic mass is 19.4. The van der Waals surface area contributed by atoms with Crippen LogP contribution in [0.2, 0.25) is 0 Å². The largest absolute Gasteiger partial charge is 0.416 e. The van der Waals surface area contributed by atoms with Crippen molar-refractivity contribution in [2.75, 3.05) is 5.32 Å². The summed E-state index contributed by atoms with van der Waals surface area (Å²) in [6, 6.07) is 5.69. The van der Waals surface area contributed by atoms with Gasteiger partial charge in [-0.2, -0.15) is 13.2 Å². The third-order valence-corrected chi connectivity index (χ3v) is 3.68. The van der Waals surface area contributed by atoms with Crippen LogP contribution < -0.4 is 5.32 Å².